The molecule has 0 N–H and O–H groups in total. The molecule has 2 aromatic rings. The number of aromatic nitrogens is 1. The fourth-order valence-corrected chi connectivity index (χ4v) is 2.92. The maximum absolute atomic E-state index is 6.03. The molecule has 0 aliphatic heterocycles. The van der Waals surface area contributed by atoms with Gasteiger partial charge in [0.2, 0.25) is 0 Å². The lowest BCUT2D eigenvalue weighted by Crippen LogP contribution is -2.11. The zero-order chi connectivity index (χ0) is 16.4. The van der Waals surface area contributed by atoms with Gasteiger partial charge in [0, 0.05) is 11.5 Å². The first-order valence-corrected chi connectivity index (χ1v) is 7.75. The van der Waals surface area contributed by atoms with Crippen LogP contribution in [0.5, 0.6) is 5.75 Å². The standard InChI is InChI=1S/C18H18ClNO3/c1-11-10-14(22-3)8-9-15(11)16-17(23-18(19)20-16)12-4-6-13(21-2)7-5-12/h4-11,15H,1-3H3. The lowest BCUT2D eigenvalue weighted by molar-refractivity contribution is 0.298. The highest BCUT2D eigenvalue weighted by atomic mass is 35.5. The summed E-state index contributed by atoms with van der Waals surface area (Å²) in [5.74, 6) is 2.65. The van der Waals surface area contributed by atoms with Crippen molar-refractivity contribution >= 4 is 11.6 Å². The van der Waals surface area contributed by atoms with Gasteiger partial charge in [-0.2, -0.15) is 0 Å². The van der Waals surface area contributed by atoms with Gasteiger partial charge in [-0.3, -0.25) is 0 Å². The summed E-state index contributed by atoms with van der Waals surface area (Å²) in [6.45, 7) is 2.12. The highest BCUT2D eigenvalue weighted by Gasteiger charge is 2.27. The Morgan fingerprint density at radius 2 is 1.87 bits per heavy atom. The van der Waals surface area contributed by atoms with Crippen molar-refractivity contribution in [2.45, 2.75) is 12.8 Å². The van der Waals surface area contributed by atoms with Crippen molar-refractivity contribution in [1.82, 2.24) is 4.98 Å². The van der Waals surface area contributed by atoms with E-state index in [0.717, 1.165) is 22.8 Å². The van der Waals surface area contributed by atoms with Crippen molar-refractivity contribution in [1.29, 1.82) is 0 Å². The number of benzene rings is 1. The molecule has 1 aromatic heterocycles. The van der Waals surface area contributed by atoms with E-state index >= 15 is 0 Å². The lowest BCUT2D eigenvalue weighted by Gasteiger charge is -2.21. The molecule has 0 spiro atoms. The molecule has 1 aromatic carbocycles. The monoisotopic (exact) mass is 331 g/mol. The van der Waals surface area contributed by atoms with Crippen molar-refractivity contribution < 1.29 is 13.9 Å². The molecule has 1 aliphatic rings. The van der Waals surface area contributed by atoms with Crippen LogP contribution in [-0.4, -0.2) is 19.2 Å². The first kappa shape index (κ1) is 15.7. The number of rotatable bonds is 4. The van der Waals surface area contributed by atoms with Crippen molar-refractivity contribution in [2.75, 3.05) is 14.2 Å². The molecule has 0 radical (unpaired) electrons. The minimum absolute atomic E-state index is 0.0854. The second kappa shape index (κ2) is 6.50. The van der Waals surface area contributed by atoms with E-state index in [4.69, 9.17) is 25.5 Å². The van der Waals surface area contributed by atoms with E-state index < -0.39 is 0 Å². The van der Waals surface area contributed by atoms with Gasteiger partial charge in [-0.1, -0.05) is 13.0 Å². The normalized spacial score (nSPS) is 20.3. The third-order valence-corrected chi connectivity index (χ3v) is 4.15. The van der Waals surface area contributed by atoms with Crippen molar-refractivity contribution in [2.24, 2.45) is 5.92 Å². The predicted octanol–water partition coefficient (Wildman–Crippen LogP) is 4.82. The molecule has 2 atom stereocenters. The molecule has 23 heavy (non-hydrogen) atoms. The molecule has 120 valence electrons. The highest BCUT2D eigenvalue weighted by Crippen LogP contribution is 2.39. The lowest BCUT2D eigenvalue weighted by atomic mass is 9.85. The predicted molar refractivity (Wildman–Crippen MR) is 89.6 cm³/mol. The average Bonchev–Trinajstić information content (AvgIpc) is 2.96. The molecule has 1 heterocycles. The summed E-state index contributed by atoms with van der Waals surface area (Å²) in [4.78, 5) is 4.40. The summed E-state index contributed by atoms with van der Waals surface area (Å²) in [5, 5.41) is 0.146. The van der Waals surface area contributed by atoms with E-state index in [2.05, 4.69) is 24.1 Å². The Balaban J connectivity index is 1.98. The third kappa shape index (κ3) is 3.13. The third-order valence-electron chi connectivity index (χ3n) is 3.99. The van der Waals surface area contributed by atoms with Crippen LogP contribution in [0.25, 0.3) is 11.3 Å². The Hall–Kier alpha value is -2.20. The Labute approximate surface area is 140 Å². The number of ether oxygens (including phenoxy) is 2. The summed E-state index contributed by atoms with van der Waals surface area (Å²) in [5.41, 5.74) is 1.75. The molecule has 2 unspecified atom stereocenters. The van der Waals surface area contributed by atoms with E-state index in [-0.39, 0.29) is 17.2 Å². The maximum atomic E-state index is 6.03. The van der Waals surface area contributed by atoms with Gasteiger partial charge in [0.15, 0.2) is 5.76 Å². The van der Waals surface area contributed by atoms with Crippen LogP contribution in [0.3, 0.4) is 0 Å². The molecule has 0 amide bonds. The van der Waals surface area contributed by atoms with Crippen LogP contribution in [0.1, 0.15) is 18.5 Å². The minimum atomic E-state index is 0.0854. The molecule has 4 nitrogen and oxygen atoms in total. The van der Waals surface area contributed by atoms with Gasteiger partial charge in [-0.05, 0) is 53.9 Å². The van der Waals surface area contributed by atoms with Crippen LogP contribution in [0.15, 0.2) is 52.7 Å². The van der Waals surface area contributed by atoms with Crippen LogP contribution in [0.2, 0.25) is 5.35 Å². The van der Waals surface area contributed by atoms with Crippen molar-refractivity contribution in [3.05, 3.63) is 59.3 Å². The molecular formula is C18H18ClNO3. The van der Waals surface area contributed by atoms with Crippen LogP contribution in [0.4, 0.5) is 0 Å². The Morgan fingerprint density at radius 1 is 1.13 bits per heavy atom. The smallest absolute Gasteiger partial charge is 0.292 e. The number of allylic oxidation sites excluding steroid dienone is 3. The van der Waals surface area contributed by atoms with E-state index in [0.29, 0.717) is 5.76 Å². The SMILES string of the molecule is COC1=CC(C)C(c2nc(Cl)oc2-c2ccc(OC)cc2)C=C1. The number of oxazole rings is 1. The summed E-state index contributed by atoms with van der Waals surface area (Å²) in [6, 6.07) is 7.65. The summed E-state index contributed by atoms with van der Waals surface area (Å²) < 4.78 is 16.1. The number of hydrogen-bond donors (Lipinski definition) is 0. The van der Waals surface area contributed by atoms with Gasteiger partial charge in [0.05, 0.1) is 19.9 Å². The first-order valence-electron chi connectivity index (χ1n) is 7.37. The summed E-state index contributed by atoms with van der Waals surface area (Å²) >= 11 is 6.03. The number of halogens is 1. The fraction of sp³-hybridized carbons (Fsp3) is 0.278. The van der Waals surface area contributed by atoms with Gasteiger partial charge < -0.3 is 13.9 Å². The van der Waals surface area contributed by atoms with Crippen molar-refractivity contribution in [3.8, 4) is 17.1 Å². The second-order valence-corrected chi connectivity index (χ2v) is 5.75. The molecule has 0 bridgehead atoms. The maximum Gasteiger partial charge on any atom is 0.292 e. The Bertz CT molecular complexity index is 746. The van der Waals surface area contributed by atoms with E-state index in [1.165, 1.54) is 0 Å². The second-order valence-electron chi connectivity index (χ2n) is 5.43. The topological polar surface area (TPSA) is 44.5 Å². The molecule has 3 rings (SSSR count). The van der Waals surface area contributed by atoms with Gasteiger partial charge in [-0.25, -0.2) is 4.98 Å². The Morgan fingerprint density at radius 3 is 2.48 bits per heavy atom. The zero-order valence-electron chi connectivity index (χ0n) is 13.2. The highest BCUT2D eigenvalue weighted by molar-refractivity contribution is 6.27. The van der Waals surface area contributed by atoms with Crippen LogP contribution >= 0.6 is 11.6 Å². The largest absolute Gasteiger partial charge is 0.497 e. The fourth-order valence-electron chi connectivity index (χ4n) is 2.75. The molecule has 0 saturated heterocycles. The van der Waals surface area contributed by atoms with Crippen molar-refractivity contribution in [3.63, 3.8) is 0 Å². The quantitative estimate of drug-likeness (QED) is 0.805. The van der Waals surface area contributed by atoms with E-state index in [1.807, 2.05) is 30.3 Å². The van der Waals surface area contributed by atoms with Gasteiger partial charge >= 0.3 is 0 Å². The number of nitrogens with zero attached hydrogens (tertiary/aromatic N) is 1. The number of methoxy groups -OCH3 is 2. The molecule has 0 fully saturated rings. The van der Waals surface area contributed by atoms with Gasteiger partial charge in [0.1, 0.15) is 11.5 Å². The zero-order valence-corrected chi connectivity index (χ0v) is 14.0. The molecule has 1 aliphatic carbocycles. The molecule has 5 heteroatoms. The molecule has 0 saturated carbocycles. The van der Waals surface area contributed by atoms with Gasteiger partial charge in [0.25, 0.3) is 5.35 Å². The average molecular weight is 332 g/mol. The summed E-state index contributed by atoms with van der Waals surface area (Å²) in [7, 11) is 3.30. The van der Waals surface area contributed by atoms with Crippen LogP contribution < -0.4 is 4.74 Å². The van der Waals surface area contributed by atoms with E-state index in [9.17, 15) is 0 Å². The molecular weight excluding hydrogens is 314 g/mol. The number of hydrogen-bond acceptors (Lipinski definition) is 4. The van der Waals surface area contributed by atoms with E-state index in [1.54, 1.807) is 14.2 Å². The minimum Gasteiger partial charge on any atom is -0.497 e. The summed E-state index contributed by atoms with van der Waals surface area (Å²) in [6.07, 6.45) is 6.10. The van der Waals surface area contributed by atoms with Crippen LogP contribution in [-0.2, 0) is 4.74 Å². The van der Waals surface area contributed by atoms with Crippen LogP contribution in [0, 0.1) is 5.92 Å². The first-order chi connectivity index (χ1) is 11.1. The Kier molecular flexibility index (Phi) is 4.44. The van der Waals surface area contributed by atoms with Gasteiger partial charge in [-0.15, -0.1) is 0 Å².